The summed E-state index contributed by atoms with van der Waals surface area (Å²) in [6.45, 7) is 6.03. The molecule has 136 valence electrons. The number of imidazole rings is 1. The van der Waals surface area contributed by atoms with Crippen molar-refractivity contribution < 1.29 is 4.79 Å². The molecule has 1 amide bonds. The van der Waals surface area contributed by atoms with Crippen molar-refractivity contribution in [2.24, 2.45) is 7.05 Å². The molecule has 1 aromatic carbocycles. The summed E-state index contributed by atoms with van der Waals surface area (Å²) in [5, 5.41) is 4.20. The van der Waals surface area contributed by atoms with Crippen LogP contribution in [-0.4, -0.2) is 39.6 Å². The SMILES string of the molecule is Cc1ccc2sc(N3CCCC(NC(=O)c4cncn4C)C3)nc2c1C. The van der Waals surface area contributed by atoms with Crippen molar-refractivity contribution in [3.05, 3.63) is 41.5 Å². The van der Waals surface area contributed by atoms with Gasteiger partial charge in [-0.15, -0.1) is 0 Å². The minimum Gasteiger partial charge on any atom is -0.346 e. The molecule has 1 aliphatic rings. The standard InChI is InChI=1S/C19H23N5OS/c1-12-6-7-16-17(13(12)2)22-19(26-16)24-8-4-5-14(10-24)21-18(25)15-9-20-11-23(15)3/h6-7,9,11,14H,4-5,8,10H2,1-3H3,(H,21,25). The van der Waals surface area contributed by atoms with Crippen molar-refractivity contribution in [2.75, 3.05) is 18.0 Å². The third-order valence-corrected chi connectivity index (χ3v) is 6.23. The van der Waals surface area contributed by atoms with E-state index in [1.807, 2.05) is 7.05 Å². The first-order valence-corrected chi connectivity index (χ1v) is 9.73. The monoisotopic (exact) mass is 369 g/mol. The average Bonchev–Trinajstić information content (AvgIpc) is 3.25. The first kappa shape index (κ1) is 17.0. The van der Waals surface area contributed by atoms with E-state index in [2.05, 4.69) is 41.2 Å². The Balaban J connectivity index is 1.51. The van der Waals surface area contributed by atoms with Crippen LogP contribution in [0, 0.1) is 13.8 Å². The number of nitrogens with one attached hydrogen (secondary N) is 1. The van der Waals surface area contributed by atoms with Gasteiger partial charge in [-0.05, 0) is 43.9 Å². The molecule has 26 heavy (non-hydrogen) atoms. The Bertz CT molecular complexity index is 960. The number of hydrogen-bond acceptors (Lipinski definition) is 5. The summed E-state index contributed by atoms with van der Waals surface area (Å²) in [6.07, 6.45) is 5.29. The molecule has 2 aromatic heterocycles. The van der Waals surface area contributed by atoms with Crippen LogP contribution in [0.3, 0.4) is 0 Å². The number of carbonyl (C=O) groups is 1. The number of carbonyl (C=O) groups excluding carboxylic acids is 1. The molecule has 3 heterocycles. The first-order valence-electron chi connectivity index (χ1n) is 8.92. The number of piperidine rings is 1. The highest BCUT2D eigenvalue weighted by Gasteiger charge is 2.25. The molecule has 4 rings (SSSR count). The van der Waals surface area contributed by atoms with Crippen LogP contribution in [0.25, 0.3) is 10.2 Å². The van der Waals surface area contributed by atoms with Gasteiger partial charge in [-0.3, -0.25) is 4.79 Å². The van der Waals surface area contributed by atoms with Crippen LogP contribution < -0.4 is 10.2 Å². The Hall–Kier alpha value is -2.41. The van der Waals surface area contributed by atoms with Crippen molar-refractivity contribution in [1.82, 2.24) is 19.9 Å². The number of aryl methyl sites for hydroxylation is 3. The number of amides is 1. The predicted molar refractivity (Wildman–Crippen MR) is 105 cm³/mol. The quantitative estimate of drug-likeness (QED) is 0.771. The molecule has 0 spiro atoms. The Morgan fingerprint density at radius 2 is 2.19 bits per heavy atom. The fraction of sp³-hybridized carbons (Fsp3) is 0.421. The summed E-state index contributed by atoms with van der Waals surface area (Å²) in [4.78, 5) is 23.7. The Morgan fingerprint density at radius 1 is 1.35 bits per heavy atom. The highest BCUT2D eigenvalue weighted by molar-refractivity contribution is 7.22. The lowest BCUT2D eigenvalue weighted by atomic mass is 10.1. The molecular weight excluding hydrogens is 346 g/mol. The van der Waals surface area contributed by atoms with Gasteiger partial charge in [0.2, 0.25) is 0 Å². The Kier molecular flexibility index (Phi) is 4.40. The normalized spacial score (nSPS) is 17.7. The van der Waals surface area contributed by atoms with Gasteiger partial charge in [0.25, 0.3) is 5.91 Å². The first-order chi connectivity index (χ1) is 12.5. The van der Waals surface area contributed by atoms with E-state index < -0.39 is 0 Å². The van der Waals surface area contributed by atoms with E-state index in [0.29, 0.717) is 5.69 Å². The summed E-state index contributed by atoms with van der Waals surface area (Å²) in [5.41, 5.74) is 4.22. The van der Waals surface area contributed by atoms with Gasteiger partial charge < -0.3 is 14.8 Å². The molecule has 1 aliphatic heterocycles. The molecule has 1 fully saturated rings. The second-order valence-corrected chi connectivity index (χ2v) is 8.01. The van der Waals surface area contributed by atoms with Gasteiger partial charge in [0.05, 0.1) is 22.7 Å². The van der Waals surface area contributed by atoms with Crippen LogP contribution in [0.1, 0.15) is 34.5 Å². The second kappa shape index (κ2) is 6.72. The number of hydrogen-bond donors (Lipinski definition) is 1. The fourth-order valence-electron chi connectivity index (χ4n) is 3.45. The fourth-order valence-corrected chi connectivity index (χ4v) is 4.51. The lowest BCUT2D eigenvalue weighted by molar-refractivity contribution is 0.0925. The highest BCUT2D eigenvalue weighted by atomic mass is 32.1. The second-order valence-electron chi connectivity index (χ2n) is 7.00. The van der Waals surface area contributed by atoms with Gasteiger partial charge in [-0.2, -0.15) is 0 Å². The zero-order valence-electron chi connectivity index (χ0n) is 15.3. The summed E-state index contributed by atoms with van der Waals surface area (Å²) < 4.78 is 2.97. The number of anilines is 1. The maximum Gasteiger partial charge on any atom is 0.269 e. The third kappa shape index (κ3) is 3.07. The molecule has 1 atom stereocenters. The van der Waals surface area contributed by atoms with Crippen LogP contribution in [0.2, 0.25) is 0 Å². The third-order valence-electron chi connectivity index (χ3n) is 5.15. The summed E-state index contributed by atoms with van der Waals surface area (Å²) in [6, 6.07) is 4.44. The number of thiazole rings is 1. The lowest BCUT2D eigenvalue weighted by Crippen LogP contribution is -2.48. The maximum absolute atomic E-state index is 12.5. The topological polar surface area (TPSA) is 63.1 Å². The van der Waals surface area contributed by atoms with Crippen LogP contribution in [0.4, 0.5) is 5.13 Å². The average molecular weight is 369 g/mol. The minimum absolute atomic E-state index is 0.0624. The number of aromatic nitrogens is 3. The molecule has 7 heteroatoms. The predicted octanol–water partition coefficient (Wildman–Crippen LogP) is 3.05. The van der Waals surface area contributed by atoms with Crippen molar-refractivity contribution in [3.8, 4) is 0 Å². The van der Waals surface area contributed by atoms with E-state index in [9.17, 15) is 4.79 Å². The Labute approximate surface area is 156 Å². The number of rotatable bonds is 3. The molecule has 0 aliphatic carbocycles. The molecule has 1 saturated heterocycles. The van der Waals surface area contributed by atoms with Crippen LogP contribution in [-0.2, 0) is 7.05 Å². The van der Waals surface area contributed by atoms with Gasteiger partial charge in [0, 0.05) is 26.2 Å². The van der Waals surface area contributed by atoms with Gasteiger partial charge in [0.15, 0.2) is 5.13 Å². The summed E-state index contributed by atoms with van der Waals surface area (Å²) in [7, 11) is 1.83. The lowest BCUT2D eigenvalue weighted by Gasteiger charge is -2.32. The van der Waals surface area contributed by atoms with Crippen molar-refractivity contribution in [3.63, 3.8) is 0 Å². The van der Waals surface area contributed by atoms with E-state index in [-0.39, 0.29) is 11.9 Å². The zero-order chi connectivity index (χ0) is 18.3. The molecule has 1 N–H and O–H groups in total. The van der Waals surface area contributed by atoms with E-state index in [1.54, 1.807) is 28.4 Å². The molecule has 1 unspecified atom stereocenters. The van der Waals surface area contributed by atoms with Crippen LogP contribution >= 0.6 is 11.3 Å². The molecule has 6 nitrogen and oxygen atoms in total. The van der Waals surface area contributed by atoms with Crippen molar-refractivity contribution in [1.29, 1.82) is 0 Å². The Morgan fingerprint density at radius 3 is 2.96 bits per heavy atom. The van der Waals surface area contributed by atoms with E-state index in [0.717, 1.165) is 36.6 Å². The van der Waals surface area contributed by atoms with Crippen LogP contribution in [0.15, 0.2) is 24.7 Å². The largest absolute Gasteiger partial charge is 0.346 e. The smallest absolute Gasteiger partial charge is 0.269 e. The van der Waals surface area contributed by atoms with E-state index in [1.165, 1.54) is 15.8 Å². The number of nitrogens with zero attached hydrogens (tertiary/aromatic N) is 4. The van der Waals surface area contributed by atoms with E-state index >= 15 is 0 Å². The van der Waals surface area contributed by atoms with Crippen LogP contribution in [0.5, 0.6) is 0 Å². The highest BCUT2D eigenvalue weighted by Crippen LogP contribution is 2.33. The molecule has 0 radical (unpaired) electrons. The molecule has 0 saturated carbocycles. The van der Waals surface area contributed by atoms with Gasteiger partial charge in [0.1, 0.15) is 5.69 Å². The van der Waals surface area contributed by atoms with Gasteiger partial charge >= 0.3 is 0 Å². The number of fused-ring (bicyclic) bond motifs is 1. The van der Waals surface area contributed by atoms with Gasteiger partial charge in [-0.1, -0.05) is 17.4 Å². The summed E-state index contributed by atoms with van der Waals surface area (Å²) >= 11 is 1.74. The van der Waals surface area contributed by atoms with Crippen molar-refractivity contribution >= 4 is 32.6 Å². The van der Waals surface area contributed by atoms with Gasteiger partial charge in [-0.25, -0.2) is 9.97 Å². The summed E-state index contributed by atoms with van der Waals surface area (Å²) in [5.74, 6) is -0.0624. The molecular formula is C19H23N5OS. The van der Waals surface area contributed by atoms with E-state index in [4.69, 9.17) is 4.98 Å². The zero-order valence-corrected chi connectivity index (χ0v) is 16.1. The van der Waals surface area contributed by atoms with Crippen molar-refractivity contribution in [2.45, 2.75) is 32.7 Å². The number of benzene rings is 1. The minimum atomic E-state index is -0.0624. The maximum atomic E-state index is 12.5. The molecule has 3 aromatic rings. The molecule has 0 bridgehead atoms.